The van der Waals surface area contributed by atoms with Crippen molar-refractivity contribution in [2.75, 3.05) is 6.61 Å². The highest BCUT2D eigenvalue weighted by molar-refractivity contribution is 5.87. The van der Waals surface area contributed by atoms with Crippen molar-refractivity contribution in [1.82, 2.24) is 0 Å². The molecule has 2 aromatic carbocycles. The summed E-state index contributed by atoms with van der Waals surface area (Å²) in [6.07, 6.45) is 3.08. The van der Waals surface area contributed by atoms with Crippen molar-refractivity contribution >= 4 is 16.7 Å². The predicted octanol–water partition coefficient (Wildman–Crippen LogP) is 3.44. The van der Waals surface area contributed by atoms with Gasteiger partial charge in [-0.25, -0.2) is 0 Å². The Bertz CT molecular complexity index is 593. The third-order valence-corrected chi connectivity index (χ3v) is 3.29. The number of hydrogen-bond donors (Lipinski definition) is 1. The van der Waals surface area contributed by atoms with E-state index < -0.39 is 0 Å². The predicted molar refractivity (Wildman–Crippen MR) is 81.9 cm³/mol. The van der Waals surface area contributed by atoms with E-state index in [2.05, 4.69) is 37.3 Å². The van der Waals surface area contributed by atoms with E-state index in [4.69, 9.17) is 10.5 Å². The van der Waals surface area contributed by atoms with Crippen LogP contribution in [0, 0.1) is 0 Å². The monoisotopic (exact) mass is 271 g/mol. The Morgan fingerprint density at radius 1 is 1.25 bits per heavy atom. The molecular formula is C17H21NO2. The lowest BCUT2D eigenvalue weighted by atomic mass is 10.00. The normalized spacial score (nSPS) is 10.7. The van der Waals surface area contributed by atoms with Gasteiger partial charge in [-0.05, 0) is 47.7 Å². The Morgan fingerprint density at radius 3 is 2.85 bits per heavy atom. The van der Waals surface area contributed by atoms with Crippen molar-refractivity contribution in [1.29, 1.82) is 0 Å². The number of aryl methyl sites for hydroxylation is 1. The molecule has 0 aliphatic rings. The molecule has 0 heterocycles. The number of fused-ring (bicyclic) bond motifs is 1. The first-order valence-corrected chi connectivity index (χ1v) is 7.13. The highest BCUT2D eigenvalue weighted by Crippen LogP contribution is 2.25. The molecule has 2 N–H and O–H groups in total. The van der Waals surface area contributed by atoms with Crippen LogP contribution in [0.5, 0.6) is 5.75 Å². The largest absolute Gasteiger partial charge is 0.494 e. The molecule has 1 amide bonds. The summed E-state index contributed by atoms with van der Waals surface area (Å²) in [5.41, 5.74) is 6.43. The number of carbonyl (C=O) groups excluding carboxylic acids is 1. The number of amides is 1. The van der Waals surface area contributed by atoms with Gasteiger partial charge in [-0.3, -0.25) is 4.79 Å². The van der Waals surface area contributed by atoms with Crippen molar-refractivity contribution in [3.63, 3.8) is 0 Å². The zero-order valence-corrected chi connectivity index (χ0v) is 11.9. The summed E-state index contributed by atoms with van der Waals surface area (Å²) in [7, 11) is 0. The quantitative estimate of drug-likeness (QED) is 0.838. The maximum atomic E-state index is 10.8. The molecule has 0 saturated carbocycles. The third kappa shape index (κ3) is 3.73. The summed E-state index contributed by atoms with van der Waals surface area (Å²) in [6.45, 7) is 2.83. The van der Waals surface area contributed by atoms with Gasteiger partial charge in [-0.15, -0.1) is 0 Å². The fourth-order valence-electron chi connectivity index (χ4n) is 2.30. The molecule has 0 radical (unpaired) electrons. The third-order valence-electron chi connectivity index (χ3n) is 3.29. The molecule has 0 saturated heterocycles. The molecule has 2 aromatic rings. The van der Waals surface area contributed by atoms with Gasteiger partial charge in [-0.1, -0.05) is 31.2 Å². The Balaban J connectivity index is 2.21. The molecule has 106 valence electrons. The van der Waals surface area contributed by atoms with E-state index in [1.165, 1.54) is 16.3 Å². The van der Waals surface area contributed by atoms with Gasteiger partial charge in [0.05, 0.1) is 6.61 Å². The molecule has 0 spiro atoms. The average Bonchev–Trinajstić information content (AvgIpc) is 2.45. The summed E-state index contributed by atoms with van der Waals surface area (Å²) < 4.78 is 5.69. The molecule has 20 heavy (non-hydrogen) atoms. The zero-order chi connectivity index (χ0) is 14.4. The molecule has 0 unspecified atom stereocenters. The molecule has 0 fully saturated rings. The van der Waals surface area contributed by atoms with Crippen molar-refractivity contribution in [2.45, 2.75) is 32.6 Å². The van der Waals surface area contributed by atoms with Crippen LogP contribution >= 0.6 is 0 Å². The first-order valence-electron chi connectivity index (χ1n) is 7.13. The Kier molecular flexibility index (Phi) is 4.99. The van der Waals surface area contributed by atoms with Crippen LogP contribution in [-0.4, -0.2) is 12.5 Å². The van der Waals surface area contributed by atoms with Gasteiger partial charge in [0.25, 0.3) is 0 Å². The van der Waals surface area contributed by atoms with Gasteiger partial charge in [-0.2, -0.15) is 0 Å². The molecule has 0 aromatic heterocycles. The van der Waals surface area contributed by atoms with Crippen molar-refractivity contribution < 1.29 is 9.53 Å². The SMILES string of the molecule is CCCOc1ccc2cccc(CCCC(N)=O)c2c1. The maximum absolute atomic E-state index is 10.8. The van der Waals surface area contributed by atoms with Crippen LogP contribution < -0.4 is 10.5 Å². The van der Waals surface area contributed by atoms with Gasteiger partial charge < -0.3 is 10.5 Å². The lowest BCUT2D eigenvalue weighted by Crippen LogP contribution is -2.10. The van der Waals surface area contributed by atoms with Crippen molar-refractivity contribution in [2.24, 2.45) is 5.73 Å². The lowest BCUT2D eigenvalue weighted by Gasteiger charge is -2.09. The second-order valence-corrected chi connectivity index (χ2v) is 4.97. The second-order valence-electron chi connectivity index (χ2n) is 4.97. The Labute approximate surface area is 119 Å². The summed E-state index contributed by atoms with van der Waals surface area (Å²) >= 11 is 0. The van der Waals surface area contributed by atoms with Crippen LogP contribution in [0.4, 0.5) is 0 Å². The molecule has 2 rings (SSSR count). The zero-order valence-electron chi connectivity index (χ0n) is 11.9. The first-order chi connectivity index (χ1) is 9.70. The van der Waals surface area contributed by atoms with Crippen LogP contribution in [0.25, 0.3) is 10.8 Å². The number of ether oxygens (including phenoxy) is 1. The summed E-state index contributed by atoms with van der Waals surface area (Å²) in [6, 6.07) is 12.4. The number of carbonyl (C=O) groups is 1. The first kappa shape index (κ1) is 14.4. The van der Waals surface area contributed by atoms with Gasteiger partial charge >= 0.3 is 0 Å². The van der Waals surface area contributed by atoms with Crippen LogP contribution in [0.15, 0.2) is 36.4 Å². The Hall–Kier alpha value is -2.03. The summed E-state index contributed by atoms with van der Waals surface area (Å²) in [4.78, 5) is 10.8. The average molecular weight is 271 g/mol. The standard InChI is InChI=1S/C17H21NO2/c1-2-11-20-15-10-9-14-6-3-5-13(16(14)12-15)7-4-8-17(18)19/h3,5-6,9-10,12H,2,4,7-8,11H2,1H3,(H2,18,19). The van der Waals surface area contributed by atoms with Gasteiger partial charge in [0, 0.05) is 6.42 Å². The van der Waals surface area contributed by atoms with Crippen LogP contribution in [0.2, 0.25) is 0 Å². The van der Waals surface area contributed by atoms with Gasteiger partial charge in [0.2, 0.25) is 5.91 Å². The van der Waals surface area contributed by atoms with Crippen LogP contribution in [0.1, 0.15) is 31.7 Å². The molecule has 0 aliphatic heterocycles. The summed E-state index contributed by atoms with van der Waals surface area (Å²) in [5.74, 6) is 0.666. The van der Waals surface area contributed by atoms with E-state index in [9.17, 15) is 4.79 Å². The number of nitrogens with two attached hydrogens (primary N) is 1. The van der Waals surface area contributed by atoms with Crippen LogP contribution in [0.3, 0.4) is 0 Å². The van der Waals surface area contributed by atoms with E-state index in [-0.39, 0.29) is 5.91 Å². The smallest absolute Gasteiger partial charge is 0.217 e. The minimum Gasteiger partial charge on any atom is -0.494 e. The van der Waals surface area contributed by atoms with E-state index in [0.717, 1.165) is 31.6 Å². The van der Waals surface area contributed by atoms with E-state index >= 15 is 0 Å². The maximum Gasteiger partial charge on any atom is 0.217 e. The number of primary amides is 1. The number of rotatable bonds is 7. The Morgan fingerprint density at radius 2 is 2.10 bits per heavy atom. The number of hydrogen-bond acceptors (Lipinski definition) is 2. The van der Waals surface area contributed by atoms with Crippen LogP contribution in [-0.2, 0) is 11.2 Å². The van der Waals surface area contributed by atoms with Gasteiger partial charge in [0.1, 0.15) is 5.75 Å². The van der Waals surface area contributed by atoms with Crippen molar-refractivity contribution in [3.05, 3.63) is 42.0 Å². The number of benzene rings is 2. The van der Waals surface area contributed by atoms with E-state index in [1.807, 2.05) is 6.07 Å². The molecule has 3 heteroatoms. The van der Waals surface area contributed by atoms with E-state index in [1.54, 1.807) is 0 Å². The van der Waals surface area contributed by atoms with Crippen molar-refractivity contribution in [3.8, 4) is 5.75 Å². The van der Waals surface area contributed by atoms with Gasteiger partial charge in [0.15, 0.2) is 0 Å². The van der Waals surface area contributed by atoms with E-state index in [0.29, 0.717) is 6.42 Å². The molecule has 0 bridgehead atoms. The fourth-order valence-corrected chi connectivity index (χ4v) is 2.30. The second kappa shape index (κ2) is 6.94. The molecular weight excluding hydrogens is 250 g/mol. The fraction of sp³-hybridized carbons (Fsp3) is 0.353. The minimum atomic E-state index is -0.239. The molecule has 0 atom stereocenters. The molecule has 0 aliphatic carbocycles. The minimum absolute atomic E-state index is 0.239. The highest BCUT2D eigenvalue weighted by atomic mass is 16.5. The molecule has 3 nitrogen and oxygen atoms in total. The lowest BCUT2D eigenvalue weighted by molar-refractivity contribution is -0.118. The highest BCUT2D eigenvalue weighted by Gasteiger charge is 2.04. The summed E-state index contributed by atoms with van der Waals surface area (Å²) in [5, 5.41) is 2.40. The topological polar surface area (TPSA) is 52.3 Å².